The predicted molar refractivity (Wildman–Crippen MR) is 73.2 cm³/mol. The van der Waals surface area contributed by atoms with E-state index in [1.807, 2.05) is 0 Å². The van der Waals surface area contributed by atoms with Crippen molar-refractivity contribution in [2.24, 2.45) is 5.73 Å². The third kappa shape index (κ3) is 3.94. The smallest absolute Gasteiger partial charge is 0.0702 e. The van der Waals surface area contributed by atoms with Gasteiger partial charge in [0.15, 0.2) is 0 Å². The van der Waals surface area contributed by atoms with Gasteiger partial charge in [-0.3, -0.25) is 4.90 Å². The molecular weight excluding hydrogens is 212 g/mol. The maximum atomic E-state index is 6.03. The quantitative estimate of drug-likeness (QED) is 0.745. The van der Waals surface area contributed by atoms with Crippen LogP contribution < -0.4 is 5.73 Å². The summed E-state index contributed by atoms with van der Waals surface area (Å²) >= 11 is 0. The maximum Gasteiger partial charge on any atom is 0.0702 e. The Balaban J connectivity index is 2.53. The van der Waals surface area contributed by atoms with Gasteiger partial charge in [0, 0.05) is 25.2 Å². The van der Waals surface area contributed by atoms with E-state index < -0.39 is 0 Å². The summed E-state index contributed by atoms with van der Waals surface area (Å²) in [6.45, 7) is 7.21. The fourth-order valence-electron chi connectivity index (χ4n) is 2.96. The van der Waals surface area contributed by atoms with Gasteiger partial charge in [-0.25, -0.2) is 0 Å². The van der Waals surface area contributed by atoms with Gasteiger partial charge in [-0.1, -0.05) is 20.3 Å². The van der Waals surface area contributed by atoms with Gasteiger partial charge in [0.2, 0.25) is 0 Å². The molecule has 0 amide bonds. The normalized spacial score (nSPS) is 24.9. The Kier molecular flexibility index (Phi) is 6.45. The van der Waals surface area contributed by atoms with Crippen LogP contribution in [-0.2, 0) is 4.74 Å². The lowest BCUT2D eigenvalue weighted by Gasteiger charge is -2.42. The minimum Gasteiger partial charge on any atom is -0.377 e. The zero-order chi connectivity index (χ0) is 12.7. The van der Waals surface area contributed by atoms with E-state index in [0.717, 1.165) is 26.1 Å². The number of hydrogen-bond acceptors (Lipinski definition) is 3. The fourth-order valence-corrected chi connectivity index (χ4v) is 2.96. The van der Waals surface area contributed by atoms with Gasteiger partial charge in [-0.2, -0.15) is 0 Å². The summed E-state index contributed by atoms with van der Waals surface area (Å²) in [6.07, 6.45) is 7.67. The second-order valence-electron chi connectivity index (χ2n) is 5.40. The summed E-state index contributed by atoms with van der Waals surface area (Å²) in [4.78, 5) is 2.45. The molecule has 1 rings (SSSR count). The number of nitrogens with zero attached hydrogens (tertiary/aromatic N) is 1. The molecule has 1 fully saturated rings. The van der Waals surface area contributed by atoms with E-state index >= 15 is 0 Å². The van der Waals surface area contributed by atoms with E-state index in [-0.39, 0.29) is 5.54 Å². The Bertz CT molecular complexity index is 198. The van der Waals surface area contributed by atoms with E-state index in [4.69, 9.17) is 10.5 Å². The summed E-state index contributed by atoms with van der Waals surface area (Å²) < 4.78 is 5.83. The average Bonchev–Trinajstić information content (AvgIpc) is 2.37. The van der Waals surface area contributed by atoms with Gasteiger partial charge in [-0.15, -0.1) is 0 Å². The van der Waals surface area contributed by atoms with Crippen LogP contribution in [0.4, 0.5) is 0 Å². The molecule has 1 aliphatic heterocycles. The molecule has 102 valence electrons. The molecule has 0 aliphatic carbocycles. The fraction of sp³-hybridized carbons (Fsp3) is 1.00. The Morgan fingerprint density at radius 1 is 1.35 bits per heavy atom. The number of rotatable bonds is 7. The van der Waals surface area contributed by atoms with Crippen LogP contribution in [0.5, 0.6) is 0 Å². The zero-order valence-electron chi connectivity index (χ0n) is 11.9. The van der Waals surface area contributed by atoms with Crippen LogP contribution >= 0.6 is 0 Å². The van der Waals surface area contributed by atoms with Gasteiger partial charge < -0.3 is 10.5 Å². The molecule has 0 bridgehead atoms. The largest absolute Gasteiger partial charge is 0.377 e. The first-order valence-electron chi connectivity index (χ1n) is 7.21. The lowest BCUT2D eigenvalue weighted by Crippen LogP contribution is -2.54. The highest BCUT2D eigenvalue weighted by Gasteiger charge is 2.32. The summed E-state index contributed by atoms with van der Waals surface area (Å²) in [5, 5.41) is 0. The van der Waals surface area contributed by atoms with E-state index in [2.05, 4.69) is 25.8 Å². The highest BCUT2D eigenvalue weighted by Crippen LogP contribution is 2.25. The molecule has 2 N–H and O–H groups in total. The number of hydrogen-bond donors (Lipinski definition) is 1. The topological polar surface area (TPSA) is 38.5 Å². The molecule has 0 spiro atoms. The molecule has 1 saturated heterocycles. The van der Waals surface area contributed by atoms with Crippen molar-refractivity contribution in [1.82, 2.24) is 4.90 Å². The summed E-state index contributed by atoms with van der Waals surface area (Å²) in [6, 6.07) is 0. The molecule has 1 heterocycles. The minimum absolute atomic E-state index is 0.176. The number of likely N-dealkylation sites (N-methyl/N-ethyl adjacent to an activating group) is 1. The third-order valence-electron chi connectivity index (χ3n) is 4.31. The summed E-state index contributed by atoms with van der Waals surface area (Å²) in [5.74, 6) is 0. The van der Waals surface area contributed by atoms with Crippen molar-refractivity contribution >= 4 is 0 Å². The summed E-state index contributed by atoms with van der Waals surface area (Å²) in [5.41, 5.74) is 6.20. The number of ether oxygens (including phenoxy) is 1. The van der Waals surface area contributed by atoms with Crippen LogP contribution in [0.15, 0.2) is 0 Å². The van der Waals surface area contributed by atoms with Gasteiger partial charge in [-0.05, 0) is 39.2 Å². The van der Waals surface area contributed by atoms with Crippen molar-refractivity contribution < 1.29 is 4.74 Å². The highest BCUT2D eigenvalue weighted by atomic mass is 16.5. The second kappa shape index (κ2) is 7.34. The Labute approximate surface area is 107 Å². The molecule has 0 aromatic carbocycles. The molecule has 0 radical (unpaired) electrons. The lowest BCUT2D eigenvalue weighted by molar-refractivity contribution is -0.0251. The van der Waals surface area contributed by atoms with Crippen molar-refractivity contribution in [2.45, 2.75) is 64.0 Å². The van der Waals surface area contributed by atoms with Gasteiger partial charge >= 0.3 is 0 Å². The van der Waals surface area contributed by atoms with E-state index in [1.54, 1.807) is 0 Å². The Morgan fingerprint density at radius 3 is 2.59 bits per heavy atom. The molecule has 2 unspecified atom stereocenters. The van der Waals surface area contributed by atoms with Gasteiger partial charge in [0.05, 0.1) is 6.10 Å². The van der Waals surface area contributed by atoms with Crippen LogP contribution in [-0.4, -0.2) is 43.3 Å². The first-order chi connectivity index (χ1) is 8.18. The van der Waals surface area contributed by atoms with E-state index in [0.29, 0.717) is 6.10 Å². The Hall–Kier alpha value is -0.120. The van der Waals surface area contributed by atoms with Gasteiger partial charge in [0.1, 0.15) is 0 Å². The van der Waals surface area contributed by atoms with Crippen molar-refractivity contribution in [3.05, 3.63) is 0 Å². The first kappa shape index (κ1) is 14.9. The third-order valence-corrected chi connectivity index (χ3v) is 4.31. The van der Waals surface area contributed by atoms with Gasteiger partial charge in [0.25, 0.3) is 0 Å². The van der Waals surface area contributed by atoms with Crippen molar-refractivity contribution in [2.75, 3.05) is 26.7 Å². The van der Waals surface area contributed by atoms with Crippen molar-refractivity contribution in [1.29, 1.82) is 0 Å². The molecule has 3 nitrogen and oxygen atoms in total. The lowest BCUT2D eigenvalue weighted by atomic mass is 9.88. The van der Waals surface area contributed by atoms with Crippen LogP contribution in [0.1, 0.15) is 52.4 Å². The molecule has 1 aliphatic rings. The number of nitrogens with two attached hydrogens (primary N) is 1. The van der Waals surface area contributed by atoms with Crippen LogP contribution in [0.2, 0.25) is 0 Å². The van der Waals surface area contributed by atoms with Crippen molar-refractivity contribution in [3.63, 3.8) is 0 Å². The highest BCUT2D eigenvalue weighted by molar-refractivity contribution is 4.90. The molecular formula is C14H30N2O. The molecule has 2 atom stereocenters. The Morgan fingerprint density at radius 2 is 2.12 bits per heavy atom. The standard InChI is InChI=1S/C14H30N2O/c1-4-9-14(5-2,12-15)16(3)11-13-8-6-7-10-17-13/h13H,4-12,15H2,1-3H3. The predicted octanol–water partition coefficient (Wildman–Crippen LogP) is 2.39. The SMILES string of the molecule is CCCC(CC)(CN)N(C)CC1CCCCO1. The zero-order valence-corrected chi connectivity index (χ0v) is 11.9. The minimum atomic E-state index is 0.176. The second-order valence-corrected chi connectivity index (χ2v) is 5.40. The van der Waals surface area contributed by atoms with E-state index in [1.165, 1.54) is 32.1 Å². The molecule has 3 heteroatoms. The van der Waals surface area contributed by atoms with E-state index in [9.17, 15) is 0 Å². The van der Waals surface area contributed by atoms with Crippen LogP contribution in [0, 0.1) is 0 Å². The average molecular weight is 242 g/mol. The van der Waals surface area contributed by atoms with Crippen LogP contribution in [0.3, 0.4) is 0 Å². The monoisotopic (exact) mass is 242 g/mol. The molecule has 0 aromatic rings. The van der Waals surface area contributed by atoms with Crippen LogP contribution in [0.25, 0.3) is 0 Å². The first-order valence-corrected chi connectivity index (χ1v) is 7.21. The molecule has 0 aromatic heterocycles. The molecule has 0 saturated carbocycles. The van der Waals surface area contributed by atoms with Crippen molar-refractivity contribution in [3.8, 4) is 0 Å². The molecule has 17 heavy (non-hydrogen) atoms. The maximum absolute atomic E-state index is 6.03. The summed E-state index contributed by atoms with van der Waals surface area (Å²) in [7, 11) is 2.21.